The highest BCUT2D eigenvalue weighted by atomic mass is 16.5. The minimum absolute atomic E-state index is 0.297. The molecule has 25 heavy (non-hydrogen) atoms. The molecule has 1 aliphatic heterocycles. The summed E-state index contributed by atoms with van der Waals surface area (Å²) in [7, 11) is 0. The fourth-order valence-electron chi connectivity index (χ4n) is 3.11. The summed E-state index contributed by atoms with van der Waals surface area (Å²) in [6.07, 6.45) is 2.88. The standard InChI is InChI=1S/C19H20N4O2/c1-13-18(16-7-8-20-9-15(16)10-21-13)19-22-17(25-23-19)12-24-11-14-5-3-2-4-6-14/h2-6,10,20H,7-9,11-12H2,1H3. The Morgan fingerprint density at radius 2 is 2.08 bits per heavy atom. The van der Waals surface area contributed by atoms with E-state index in [0.29, 0.717) is 24.9 Å². The first-order chi connectivity index (χ1) is 12.3. The van der Waals surface area contributed by atoms with Crippen molar-refractivity contribution in [3.63, 3.8) is 0 Å². The van der Waals surface area contributed by atoms with Crippen molar-refractivity contribution in [1.82, 2.24) is 20.4 Å². The Morgan fingerprint density at radius 1 is 1.20 bits per heavy atom. The molecule has 3 heterocycles. The van der Waals surface area contributed by atoms with E-state index in [1.807, 2.05) is 43.5 Å². The van der Waals surface area contributed by atoms with Gasteiger partial charge in [-0.1, -0.05) is 35.5 Å². The number of pyridine rings is 1. The maximum absolute atomic E-state index is 5.68. The van der Waals surface area contributed by atoms with Crippen molar-refractivity contribution in [3.05, 3.63) is 64.8 Å². The summed E-state index contributed by atoms with van der Waals surface area (Å²) in [6, 6.07) is 10.0. The third-order valence-electron chi connectivity index (χ3n) is 4.36. The Labute approximate surface area is 146 Å². The molecule has 1 N–H and O–H groups in total. The highest BCUT2D eigenvalue weighted by Gasteiger charge is 2.20. The number of benzene rings is 1. The van der Waals surface area contributed by atoms with Gasteiger partial charge in [-0.15, -0.1) is 0 Å². The summed E-state index contributed by atoms with van der Waals surface area (Å²) < 4.78 is 11.0. The summed E-state index contributed by atoms with van der Waals surface area (Å²) >= 11 is 0. The molecule has 0 saturated heterocycles. The number of ether oxygens (including phenoxy) is 1. The second-order valence-corrected chi connectivity index (χ2v) is 6.14. The van der Waals surface area contributed by atoms with Gasteiger partial charge in [-0.3, -0.25) is 4.98 Å². The van der Waals surface area contributed by atoms with Gasteiger partial charge in [-0.2, -0.15) is 4.98 Å². The number of aromatic nitrogens is 3. The minimum Gasteiger partial charge on any atom is -0.367 e. The van der Waals surface area contributed by atoms with Gasteiger partial charge in [0.2, 0.25) is 5.82 Å². The van der Waals surface area contributed by atoms with Gasteiger partial charge in [0.05, 0.1) is 6.61 Å². The topological polar surface area (TPSA) is 73.1 Å². The third-order valence-corrected chi connectivity index (χ3v) is 4.36. The lowest BCUT2D eigenvalue weighted by molar-refractivity contribution is 0.0850. The van der Waals surface area contributed by atoms with Crippen LogP contribution in [0.5, 0.6) is 0 Å². The number of aryl methyl sites for hydroxylation is 1. The number of fused-ring (bicyclic) bond motifs is 1. The second kappa shape index (κ2) is 7.13. The van der Waals surface area contributed by atoms with Crippen LogP contribution in [0.3, 0.4) is 0 Å². The van der Waals surface area contributed by atoms with Crippen LogP contribution in [-0.2, 0) is 30.9 Å². The Kier molecular flexibility index (Phi) is 4.54. The maximum Gasteiger partial charge on any atom is 0.252 e. The summed E-state index contributed by atoms with van der Waals surface area (Å²) in [6.45, 7) is 4.59. The van der Waals surface area contributed by atoms with E-state index in [1.165, 1.54) is 11.1 Å². The predicted molar refractivity (Wildman–Crippen MR) is 92.6 cm³/mol. The van der Waals surface area contributed by atoms with E-state index < -0.39 is 0 Å². The zero-order valence-corrected chi connectivity index (χ0v) is 14.2. The van der Waals surface area contributed by atoms with Crippen LogP contribution in [-0.4, -0.2) is 21.7 Å². The molecule has 1 aromatic carbocycles. The molecule has 2 aromatic heterocycles. The molecule has 0 atom stereocenters. The molecule has 0 fully saturated rings. The van der Waals surface area contributed by atoms with Crippen molar-refractivity contribution in [2.45, 2.75) is 33.1 Å². The number of rotatable bonds is 5. The predicted octanol–water partition coefficient (Wildman–Crippen LogP) is 2.80. The van der Waals surface area contributed by atoms with Crippen molar-refractivity contribution in [3.8, 4) is 11.4 Å². The Morgan fingerprint density at radius 3 is 2.96 bits per heavy atom. The zero-order chi connectivity index (χ0) is 17.1. The highest BCUT2D eigenvalue weighted by molar-refractivity contribution is 5.64. The number of hydrogen-bond acceptors (Lipinski definition) is 6. The third kappa shape index (κ3) is 3.45. The summed E-state index contributed by atoms with van der Waals surface area (Å²) in [5, 5.41) is 7.52. The molecule has 0 unspecified atom stereocenters. The highest BCUT2D eigenvalue weighted by Crippen LogP contribution is 2.28. The van der Waals surface area contributed by atoms with Crippen LogP contribution in [0.4, 0.5) is 0 Å². The average molecular weight is 336 g/mol. The molecular weight excluding hydrogens is 316 g/mol. The van der Waals surface area contributed by atoms with Gasteiger partial charge in [0.25, 0.3) is 5.89 Å². The molecule has 0 bridgehead atoms. The van der Waals surface area contributed by atoms with Crippen molar-refractivity contribution < 1.29 is 9.26 Å². The van der Waals surface area contributed by atoms with Gasteiger partial charge in [0, 0.05) is 24.0 Å². The lowest BCUT2D eigenvalue weighted by atomic mass is 9.95. The van der Waals surface area contributed by atoms with E-state index in [2.05, 4.69) is 20.4 Å². The van der Waals surface area contributed by atoms with Gasteiger partial charge in [0.1, 0.15) is 6.61 Å². The average Bonchev–Trinajstić information content (AvgIpc) is 3.11. The molecule has 0 spiro atoms. The first-order valence-corrected chi connectivity index (χ1v) is 8.44. The van der Waals surface area contributed by atoms with Crippen LogP contribution >= 0.6 is 0 Å². The fourth-order valence-corrected chi connectivity index (χ4v) is 3.11. The van der Waals surface area contributed by atoms with Crippen LogP contribution in [0.15, 0.2) is 41.1 Å². The lowest BCUT2D eigenvalue weighted by Crippen LogP contribution is -2.24. The molecule has 0 saturated carbocycles. The van der Waals surface area contributed by atoms with Crippen molar-refractivity contribution >= 4 is 0 Å². The van der Waals surface area contributed by atoms with Crippen LogP contribution < -0.4 is 5.32 Å². The molecule has 3 aromatic rings. The number of nitrogens with one attached hydrogen (secondary N) is 1. The van der Waals surface area contributed by atoms with Gasteiger partial charge >= 0.3 is 0 Å². The molecule has 128 valence electrons. The van der Waals surface area contributed by atoms with Crippen LogP contribution in [0.25, 0.3) is 11.4 Å². The molecule has 0 radical (unpaired) electrons. The van der Waals surface area contributed by atoms with E-state index in [1.54, 1.807) is 0 Å². The fraction of sp³-hybridized carbons (Fsp3) is 0.316. The molecular formula is C19H20N4O2. The molecule has 0 amide bonds. The molecule has 4 rings (SSSR count). The second-order valence-electron chi connectivity index (χ2n) is 6.14. The van der Waals surface area contributed by atoms with Gasteiger partial charge < -0.3 is 14.6 Å². The van der Waals surface area contributed by atoms with Crippen molar-refractivity contribution in [1.29, 1.82) is 0 Å². The van der Waals surface area contributed by atoms with Gasteiger partial charge in [-0.25, -0.2) is 0 Å². The quantitative estimate of drug-likeness (QED) is 0.772. The number of nitrogens with zero attached hydrogens (tertiary/aromatic N) is 3. The first kappa shape index (κ1) is 15.9. The zero-order valence-electron chi connectivity index (χ0n) is 14.2. The van der Waals surface area contributed by atoms with E-state index in [0.717, 1.165) is 36.3 Å². The Bertz CT molecular complexity index is 861. The molecule has 6 heteroatoms. The van der Waals surface area contributed by atoms with E-state index in [-0.39, 0.29) is 0 Å². The van der Waals surface area contributed by atoms with Crippen molar-refractivity contribution in [2.24, 2.45) is 0 Å². The molecule has 1 aliphatic rings. The number of hydrogen-bond donors (Lipinski definition) is 1. The van der Waals surface area contributed by atoms with E-state index in [9.17, 15) is 0 Å². The van der Waals surface area contributed by atoms with Gasteiger partial charge in [0.15, 0.2) is 0 Å². The molecule has 0 aliphatic carbocycles. The minimum atomic E-state index is 0.297. The first-order valence-electron chi connectivity index (χ1n) is 8.44. The van der Waals surface area contributed by atoms with E-state index in [4.69, 9.17) is 9.26 Å². The van der Waals surface area contributed by atoms with Crippen LogP contribution in [0.2, 0.25) is 0 Å². The summed E-state index contributed by atoms with van der Waals surface area (Å²) in [5.74, 6) is 1.08. The van der Waals surface area contributed by atoms with E-state index >= 15 is 0 Å². The van der Waals surface area contributed by atoms with Gasteiger partial charge in [-0.05, 0) is 36.6 Å². The van der Waals surface area contributed by atoms with Crippen LogP contribution in [0.1, 0.15) is 28.3 Å². The normalized spacial score (nSPS) is 13.6. The Hall–Kier alpha value is -2.57. The Balaban J connectivity index is 1.50. The monoisotopic (exact) mass is 336 g/mol. The largest absolute Gasteiger partial charge is 0.367 e. The summed E-state index contributed by atoms with van der Waals surface area (Å²) in [4.78, 5) is 9.00. The lowest BCUT2D eigenvalue weighted by Gasteiger charge is -2.19. The summed E-state index contributed by atoms with van der Waals surface area (Å²) in [5.41, 5.74) is 5.52. The molecule has 6 nitrogen and oxygen atoms in total. The maximum atomic E-state index is 5.68. The smallest absolute Gasteiger partial charge is 0.252 e. The van der Waals surface area contributed by atoms with Crippen molar-refractivity contribution in [2.75, 3.05) is 6.54 Å². The van der Waals surface area contributed by atoms with Crippen LogP contribution in [0, 0.1) is 6.92 Å². The SMILES string of the molecule is Cc1ncc2c(c1-c1noc(COCc3ccccc3)n1)CCNC2.